The topological polar surface area (TPSA) is 106 Å². The maximum Gasteiger partial charge on any atom is 0.253 e. The van der Waals surface area contributed by atoms with E-state index in [9.17, 15) is 4.79 Å². The smallest absolute Gasteiger partial charge is 0.253 e. The van der Waals surface area contributed by atoms with Gasteiger partial charge >= 0.3 is 0 Å². The molecule has 0 aliphatic rings. The Morgan fingerprint density at radius 2 is 1.92 bits per heavy atom. The average molecular weight is 512 g/mol. The van der Waals surface area contributed by atoms with Gasteiger partial charge in [0, 0.05) is 29.9 Å². The number of tetrazole rings is 1. The summed E-state index contributed by atoms with van der Waals surface area (Å²) in [4.78, 5) is 23.5. The summed E-state index contributed by atoms with van der Waals surface area (Å²) in [5, 5.41) is 14.0. The summed E-state index contributed by atoms with van der Waals surface area (Å²) < 4.78 is 7.61. The zero-order chi connectivity index (χ0) is 26.9. The van der Waals surface area contributed by atoms with Crippen LogP contribution < -0.4 is 5.56 Å². The first-order chi connectivity index (χ1) is 18.3. The van der Waals surface area contributed by atoms with Gasteiger partial charge in [0.2, 0.25) is 0 Å². The molecule has 4 aromatic heterocycles. The first-order valence-electron chi connectivity index (χ1n) is 12.9. The molecule has 0 bridgehead atoms. The Kier molecular flexibility index (Phi) is 6.94. The van der Waals surface area contributed by atoms with E-state index in [2.05, 4.69) is 64.2 Å². The van der Waals surface area contributed by atoms with Crippen LogP contribution in [0, 0.1) is 13.8 Å². The van der Waals surface area contributed by atoms with Crippen molar-refractivity contribution in [3.05, 3.63) is 105 Å². The Morgan fingerprint density at radius 3 is 2.63 bits per heavy atom. The summed E-state index contributed by atoms with van der Waals surface area (Å²) in [5.74, 6) is 1.37. The van der Waals surface area contributed by atoms with E-state index < -0.39 is 6.04 Å². The standard InChI is InChI=1S/C29H33N7O2/c1-6-29(4,5)36-27(32-33-34-36)26(24-15-23-19(2)11-12-20(3)25(23)31-28(24)37)35(18-22-10-8-14-38-22)17-21-9-7-13-30-16-21/h7-16,26H,6,17-18H2,1-5H3,(H,31,37)/t26-/m1/s1. The van der Waals surface area contributed by atoms with Gasteiger partial charge < -0.3 is 9.40 Å². The zero-order valence-electron chi connectivity index (χ0n) is 22.5. The van der Waals surface area contributed by atoms with Crippen LogP contribution in [0.25, 0.3) is 10.9 Å². The molecule has 5 aromatic rings. The lowest BCUT2D eigenvalue weighted by Gasteiger charge is -2.33. The minimum Gasteiger partial charge on any atom is -0.468 e. The second-order valence-corrected chi connectivity index (χ2v) is 10.4. The fraction of sp³-hybridized carbons (Fsp3) is 0.345. The fourth-order valence-electron chi connectivity index (χ4n) is 4.81. The summed E-state index contributed by atoms with van der Waals surface area (Å²) >= 11 is 0. The van der Waals surface area contributed by atoms with Crippen LogP contribution in [0.2, 0.25) is 0 Å². The maximum atomic E-state index is 13.8. The third-order valence-electron chi connectivity index (χ3n) is 7.36. The van der Waals surface area contributed by atoms with Crippen molar-refractivity contribution in [2.45, 2.75) is 65.7 Å². The van der Waals surface area contributed by atoms with E-state index in [1.165, 1.54) is 0 Å². The molecular weight excluding hydrogens is 478 g/mol. The van der Waals surface area contributed by atoms with Gasteiger partial charge in [-0.2, -0.15) is 0 Å². The number of nitrogens with one attached hydrogen (secondary N) is 1. The molecule has 9 heteroatoms. The summed E-state index contributed by atoms with van der Waals surface area (Å²) in [6, 6.07) is 13.3. The third-order valence-corrected chi connectivity index (χ3v) is 7.36. The summed E-state index contributed by atoms with van der Waals surface area (Å²) in [6.07, 6.45) is 6.06. The SMILES string of the molecule is CCC(C)(C)n1nnnc1[C@@H](c1cc2c(C)ccc(C)c2[nH]c1=O)N(Cc1cccnc1)Cc1ccco1. The van der Waals surface area contributed by atoms with Crippen LogP contribution in [0.1, 0.15) is 67.1 Å². The number of aryl methyl sites for hydroxylation is 2. The van der Waals surface area contributed by atoms with Crippen molar-refractivity contribution in [1.29, 1.82) is 0 Å². The fourth-order valence-corrected chi connectivity index (χ4v) is 4.81. The number of nitrogens with zero attached hydrogens (tertiary/aromatic N) is 6. The van der Waals surface area contributed by atoms with Crippen LogP contribution in [0.5, 0.6) is 0 Å². The molecule has 1 atom stereocenters. The van der Waals surface area contributed by atoms with Crippen molar-refractivity contribution in [1.82, 2.24) is 35.1 Å². The lowest BCUT2D eigenvalue weighted by atomic mass is 9.97. The van der Waals surface area contributed by atoms with Crippen molar-refractivity contribution in [2.24, 2.45) is 0 Å². The van der Waals surface area contributed by atoms with E-state index >= 15 is 0 Å². The number of H-pyrrole nitrogens is 1. The molecule has 0 aliphatic heterocycles. The number of benzene rings is 1. The van der Waals surface area contributed by atoms with Gasteiger partial charge in [-0.15, -0.1) is 5.10 Å². The van der Waals surface area contributed by atoms with Crippen LogP contribution in [0.15, 0.2) is 70.3 Å². The molecule has 0 aliphatic carbocycles. The Labute approximate surface area is 221 Å². The van der Waals surface area contributed by atoms with E-state index in [1.807, 2.05) is 54.2 Å². The predicted molar refractivity (Wildman–Crippen MR) is 146 cm³/mol. The lowest BCUT2D eigenvalue weighted by molar-refractivity contribution is 0.168. The molecule has 4 heterocycles. The van der Waals surface area contributed by atoms with Crippen molar-refractivity contribution in [3.63, 3.8) is 0 Å². The Bertz CT molecular complexity index is 1590. The molecule has 196 valence electrons. The van der Waals surface area contributed by atoms with Gasteiger partial charge in [-0.25, -0.2) is 4.68 Å². The number of aromatic amines is 1. The number of fused-ring (bicyclic) bond motifs is 1. The predicted octanol–water partition coefficient (Wildman–Crippen LogP) is 5.06. The molecule has 38 heavy (non-hydrogen) atoms. The molecule has 0 saturated carbocycles. The first kappa shape index (κ1) is 25.5. The monoisotopic (exact) mass is 511 g/mol. The molecule has 0 radical (unpaired) electrons. The van der Waals surface area contributed by atoms with Crippen molar-refractivity contribution >= 4 is 10.9 Å². The second-order valence-electron chi connectivity index (χ2n) is 10.4. The van der Waals surface area contributed by atoms with Gasteiger partial charge in [0.05, 0.1) is 23.9 Å². The van der Waals surface area contributed by atoms with E-state index in [0.717, 1.165) is 39.8 Å². The number of pyridine rings is 2. The molecule has 0 saturated heterocycles. The van der Waals surface area contributed by atoms with E-state index in [1.54, 1.807) is 12.5 Å². The summed E-state index contributed by atoms with van der Waals surface area (Å²) in [7, 11) is 0. The lowest BCUT2D eigenvalue weighted by Crippen LogP contribution is -2.38. The average Bonchev–Trinajstić information content (AvgIpc) is 3.61. The summed E-state index contributed by atoms with van der Waals surface area (Å²) in [6.45, 7) is 11.3. The molecule has 1 aromatic carbocycles. The van der Waals surface area contributed by atoms with Crippen molar-refractivity contribution < 1.29 is 4.42 Å². The zero-order valence-corrected chi connectivity index (χ0v) is 22.5. The minimum atomic E-state index is -0.561. The van der Waals surface area contributed by atoms with Crippen molar-refractivity contribution in [3.8, 4) is 0 Å². The number of rotatable bonds is 9. The highest BCUT2D eigenvalue weighted by Crippen LogP contribution is 2.33. The molecule has 0 amide bonds. The minimum absolute atomic E-state index is 0.171. The Hall–Kier alpha value is -4.11. The first-order valence-corrected chi connectivity index (χ1v) is 12.9. The molecule has 0 unspecified atom stereocenters. The van der Waals surface area contributed by atoms with E-state index in [4.69, 9.17) is 4.42 Å². The number of hydrogen-bond acceptors (Lipinski definition) is 7. The van der Waals surface area contributed by atoms with Gasteiger partial charge in [-0.05, 0) is 85.5 Å². The quantitative estimate of drug-likeness (QED) is 0.295. The number of hydrogen-bond donors (Lipinski definition) is 1. The molecule has 0 fully saturated rings. The Balaban J connectivity index is 1.76. The van der Waals surface area contributed by atoms with Gasteiger partial charge in [-0.3, -0.25) is 14.7 Å². The van der Waals surface area contributed by atoms with Gasteiger partial charge in [-0.1, -0.05) is 25.1 Å². The van der Waals surface area contributed by atoms with Crippen LogP contribution in [-0.2, 0) is 18.6 Å². The van der Waals surface area contributed by atoms with Gasteiger partial charge in [0.25, 0.3) is 5.56 Å². The number of furan rings is 1. The third kappa shape index (κ3) is 4.89. The van der Waals surface area contributed by atoms with Crippen LogP contribution in [0.4, 0.5) is 0 Å². The Morgan fingerprint density at radius 1 is 1.11 bits per heavy atom. The van der Waals surface area contributed by atoms with Gasteiger partial charge in [0.15, 0.2) is 5.82 Å². The molecule has 5 rings (SSSR count). The van der Waals surface area contributed by atoms with E-state index in [-0.39, 0.29) is 11.1 Å². The normalized spacial score (nSPS) is 12.9. The second kappa shape index (κ2) is 10.3. The molecule has 0 spiro atoms. The van der Waals surface area contributed by atoms with Crippen LogP contribution in [0.3, 0.4) is 0 Å². The summed E-state index contributed by atoms with van der Waals surface area (Å²) in [5.41, 5.74) is 3.99. The molecule has 1 N–H and O–H groups in total. The maximum absolute atomic E-state index is 13.8. The van der Waals surface area contributed by atoms with Crippen LogP contribution in [-0.4, -0.2) is 35.1 Å². The highest BCUT2D eigenvalue weighted by atomic mass is 16.3. The largest absolute Gasteiger partial charge is 0.468 e. The van der Waals surface area contributed by atoms with Crippen molar-refractivity contribution in [2.75, 3.05) is 0 Å². The highest BCUT2D eigenvalue weighted by molar-refractivity contribution is 5.85. The van der Waals surface area contributed by atoms with Crippen LogP contribution >= 0.6 is 0 Å². The molecule has 9 nitrogen and oxygen atoms in total. The van der Waals surface area contributed by atoms with Gasteiger partial charge in [0.1, 0.15) is 11.8 Å². The molecular formula is C29H33N7O2. The number of aromatic nitrogens is 6. The van der Waals surface area contributed by atoms with E-state index in [0.29, 0.717) is 24.5 Å². The highest BCUT2D eigenvalue weighted by Gasteiger charge is 2.35.